The zero-order chi connectivity index (χ0) is 13.0. The summed E-state index contributed by atoms with van der Waals surface area (Å²) in [4.78, 5) is 16.2. The van der Waals surface area contributed by atoms with E-state index in [-0.39, 0.29) is 5.91 Å². The fraction of sp³-hybridized carbons (Fsp3) is 0.182. The van der Waals surface area contributed by atoms with Gasteiger partial charge in [-0.1, -0.05) is 0 Å². The lowest BCUT2D eigenvalue weighted by Gasteiger charge is -2.08. The van der Waals surface area contributed by atoms with Gasteiger partial charge in [0.25, 0.3) is 5.91 Å². The zero-order valence-electron chi connectivity index (χ0n) is 9.38. The van der Waals surface area contributed by atoms with Crippen molar-refractivity contribution in [2.75, 3.05) is 12.3 Å². The molecule has 0 fully saturated rings. The van der Waals surface area contributed by atoms with Crippen molar-refractivity contribution in [1.29, 1.82) is 0 Å². The van der Waals surface area contributed by atoms with E-state index < -0.39 is 0 Å². The number of aromatic nitrogens is 3. The average molecular weight is 327 g/mol. The number of thiol groups is 1. The largest absolute Gasteiger partial charge is 0.351 e. The van der Waals surface area contributed by atoms with Crippen LogP contribution in [0.15, 0.2) is 35.2 Å². The van der Waals surface area contributed by atoms with E-state index in [0.717, 1.165) is 4.47 Å². The standard InChI is InChI=1S/C11H11BrN4OS/c12-8-6-15-16(7-8)10-9(2-1-3-13-10)11(17)14-4-5-18/h1-3,6-7,18H,4-5H2,(H,14,17). The molecule has 0 saturated carbocycles. The van der Waals surface area contributed by atoms with Crippen LogP contribution in [0.3, 0.4) is 0 Å². The highest BCUT2D eigenvalue weighted by Crippen LogP contribution is 2.14. The minimum atomic E-state index is -0.182. The number of nitrogens with zero attached hydrogens (tertiary/aromatic N) is 3. The Bertz CT molecular complexity index is 557. The Morgan fingerprint density at radius 2 is 2.39 bits per heavy atom. The van der Waals surface area contributed by atoms with Crippen molar-refractivity contribution in [2.45, 2.75) is 0 Å². The van der Waals surface area contributed by atoms with E-state index in [0.29, 0.717) is 23.7 Å². The summed E-state index contributed by atoms with van der Waals surface area (Å²) in [7, 11) is 0. The van der Waals surface area contributed by atoms with E-state index in [1.165, 1.54) is 0 Å². The first-order valence-corrected chi connectivity index (χ1v) is 6.69. The molecule has 0 radical (unpaired) electrons. The van der Waals surface area contributed by atoms with Crippen LogP contribution in [0.1, 0.15) is 10.4 Å². The first kappa shape index (κ1) is 13.1. The topological polar surface area (TPSA) is 59.8 Å². The van der Waals surface area contributed by atoms with Crippen LogP contribution >= 0.6 is 28.6 Å². The van der Waals surface area contributed by atoms with E-state index in [4.69, 9.17) is 0 Å². The van der Waals surface area contributed by atoms with Crippen molar-refractivity contribution in [1.82, 2.24) is 20.1 Å². The molecule has 0 aliphatic rings. The van der Waals surface area contributed by atoms with Gasteiger partial charge in [0.05, 0.1) is 16.2 Å². The number of nitrogens with one attached hydrogen (secondary N) is 1. The maximum Gasteiger partial charge on any atom is 0.255 e. The maximum atomic E-state index is 12.0. The van der Waals surface area contributed by atoms with Crippen molar-refractivity contribution < 1.29 is 4.79 Å². The summed E-state index contributed by atoms with van der Waals surface area (Å²) in [6.07, 6.45) is 5.02. The molecule has 0 atom stereocenters. The monoisotopic (exact) mass is 326 g/mol. The van der Waals surface area contributed by atoms with Crippen molar-refractivity contribution in [3.8, 4) is 5.82 Å². The van der Waals surface area contributed by atoms with Gasteiger partial charge in [0.15, 0.2) is 5.82 Å². The second kappa shape index (κ2) is 6.01. The van der Waals surface area contributed by atoms with Gasteiger partial charge in [0.2, 0.25) is 0 Å². The Kier molecular flexibility index (Phi) is 4.38. The van der Waals surface area contributed by atoms with Crippen LogP contribution in [0.4, 0.5) is 0 Å². The van der Waals surface area contributed by atoms with E-state index in [9.17, 15) is 4.79 Å². The van der Waals surface area contributed by atoms with Crippen LogP contribution in [0, 0.1) is 0 Å². The number of pyridine rings is 1. The van der Waals surface area contributed by atoms with Gasteiger partial charge in [-0.25, -0.2) is 9.67 Å². The molecular weight excluding hydrogens is 316 g/mol. The maximum absolute atomic E-state index is 12.0. The summed E-state index contributed by atoms with van der Waals surface area (Å²) in [6, 6.07) is 3.43. The summed E-state index contributed by atoms with van der Waals surface area (Å²) < 4.78 is 2.38. The number of carbonyl (C=O) groups is 1. The summed E-state index contributed by atoms with van der Waals surface area (Å²) in [6.45, 7) is 0.513. The molecule has 2 rings (SSSR count). The Balaban J connectivity index is 2.34. The van der Waals surface area contributed by atoms with Crippen molar-refractivity contribution >= 4 is 34.5 Å². The second-order valence-corrected chi connectivity index (χ2v) is 4.82. The lowest BCUT2D eigenvalue weighted by Crippen LogP contribution is -2.26. The molecule has 5 nitrogen and oxygen atoms in total. The van der Waals surface area contributed by atoms with Gasteiger partial charge in [0.1, 0.15) is 0 Å². The molecule has 0 aromatic carbocycles. The van der Waals surface area contributed by atoms with E-state index in [1.54, 1.807) is 35.4 Å². The highest BCUT2D eigenvalue weighted by molar-refractivity contribution is 9.10. The quantitative estimate of drug-likeness (QED) is 0.840. The Morgan fingerprint density at radius 1 is 1.56 bits per heavy atom. The molecule has 2 aromatic heterocycles. The zero-order valence-corrected chi connectivity index (χ0v) is 11.9. The highest BCUT2D eigenvalue weighted by atomic mass is 79.9. The van der Waals surface area contributed by atoms with Crippen LogP contribution in [-0.4, -0.2) is 33.0 Å². The second-order valence-electron chi connectivity index (χ2n) is 3.46. The fourth-order valence-electron chi connectivity index (χ4n) is 1.44. The minimum absolute atomic E-state index is 0.182. The van der Waals surface area contributed by atoms with Gasteiger partial charge in [-0.05, 0) is 28.1 Å². The van der Waals surface area contributed by atoms with Gasteiger partial charge in [-0.2, -0.15) is 17.7 Å². The minimum Gasteiger partial charge on any atom is -0.351 e. The summed E-state index contributed by atoms with van der Waals surface area (Å²) in [5.41, 5.74) is 0.481. The third kappa shape index (κ3) is 2.91. The molecule has 0 aliphatic heterocycles. The Morgan fingerprint density at radius 3 is 3.06 bits per heavy atom. The van der Waals surface area contributed by atoms with Crippen LogP contribution in [0.5, 0.6) is 0 Å². The third-order valence-electron chi connectivity index (χ3n) is 2.20. The fourth-order valence-corrected chi connectivity index (χ4v) is 1.84. The van der Waals surface area contributed by atoms with Crippen molar-refractivity contribution in [3.05, 3.63) is 40.8 Å². The third-order valence-corrected chi connectivity index (χ3v) is 2.83. The Labute approximate surface area is 118 Å². The molecule has 7 heteroatoms. The molecule has 94 valence electrons. The number of hydrogen-bond acceptors (Lipinski definition) is 4. The van der Waals surface area contributed by atoms with Crippen molar-refractivity contribution in [3.63, 3.8) is 0 Å². The number of rotatable bonds is 4. The lowest BCUT2D eigenvalue weighted by atomic mass is 10.2. The van der Waals surface area contributed by atoms with Crippen LogP contribution in [0.25, 0.3) is 5.82 Å². The molecule has 18 heavy (non-hydrogen) atoms. The molecule has 0 unspecified atom stereocenters. The van der Waals surface area contributed by atoms with E-state index in [1.807, 2.05) is 0 Å². The SMILES string of the molecule is O=C(NCCS)c1cccnc1-n1cc(Br)cn1. The first-order valence-electron chi connectivity index (χ1n) is 5.27. The van der Waals surface area contributed by atoms with E-state index >= 15 is 0 Å². The summed E-state index contributed by atoms with van der Waals surface area (Å²) in [5, 5.41) is 6.88. The molecule has 2 aromatic rings. The normalized spacial score (nSPS) is 10.3. The van der Waals surface area contributed by atoms with Crippen LogP contribution in [0.2, 0.25) is 0 Å². The lowest BCUT2D eigenvalue weighted by molar-refractivity contribution is 0.0955. The molecule has 2 heterocycles. The number of halogens is 1. The summed E-state index contributed by atoms with van der Waals surface area (Å²) >= 11 is 7.36. The van der Waals surface area contributed by atoms with E-state index in [2.05, 4.69) is 44.0 Å². The number of carbonyl (C=O) groups excluding carboxylic acids is 1. The first-order chi connectivity index (χ1) is 8.72. The molecule has 1 amide bonds. The average Bonchev–Trinajstić information content (AvgIpc) is 2.82. The molecule has 0 aliphatic carbocycles. The molecule has 1 N–H and O–H groups in total. The smallest absolute Gasteiger partial charge is 0.255 e. The molecule has 0 bridgehead atoms. The van der Waals surface area contributed by atoms with Gasteiger partial charge in [-0.3, -0.25) is 4.79 Å². The van der Waals surface area contributed by atoms with Gasteiger partial charge >= 0.3 is 0 Å². The van der Waals surface area contributed by atoms with Gasteiger partial charge < -0.3 is 5.32 Å². The number of hydrogen-bond donors (Lipinski definition) is 2. The Hall–Kier alpha value is -1.34. The molecular formula is C11H11BrN4OS. The summed E-state index contributed by atoms with van der Waals surface area (Å²) in [5.74, 6) is 0.910. The number of amides is 1. The molecule has 0 spiro atoms. The van der Waals surface area contributed by atoms with Gasteiger partial charge in [-0.15, -0.1) is 0 Å². The predicted octanol–water partition coefficient (Wildman–Crippen LogP) is 1.69. The highest BCUT2D eigenvalue weighted by Gasteiger charge is 2.13. The van der Waals surface area contributed by atoms with Crippen molar-refractivity contribution in [2.24, 2.45) is 0 Å². The molecule has 0 saturated heterocycles. The van der Waals surface area contributed by atoms with Gasteiger partial charge in [0, 0.05) is 24.7 Å². The predicted molar refractivity (Wildman–Crippen MR) is 75.2 cm³/mol. The van der Waals surface area contributed by atoms with Crippen LogP contribution in [-0.2, 0) is 0 Å². The van der Waals surface area contributed by atoms with Crippen LogP contribution < -0.4 is 5.32 Å².